The average molecular weight is 245 g/mol. The number of imidazole rings is 1. The lowest BCUT2D eigenvalue weighted by Gasteiger charge is -2.03. The van der Waals surface area contributed by atoms with E-state index in [-0.39, 0.29) is 0 Å². The van der Waals surface area contributed by atoms with Crippen molar-refractivity contribution in [2.24, 2.45) is 0 Å². The fourth-order valence-electron chi connectivity index (χ4n) is 1.80. The summed E-state index contributed by atoms with van der Waals surface area (Å²) in [6.07, 6.45) is 1.71. The van der Waals surface area contributed by atoms with Crippen LogP contribution in [0, 0.1) is 18.6 Å². The van der Waals surface area contributed by atoms with Crippen molar-refractivity contribution in [3.8, 4) is 11.3 Å². The Balaban J connectivity index is 2.18. The Morgan fingerprint density at radius 1 is 1.06 bits per heavy atom. The van der Waals surface area contributed by atoms with E-state index in [1.807, 2.05) is 6.92 Å². The Kier molecular flexibility index (Phi) is 2.33. The predicted molar refractivity (Wildman–Crippen MR) is 63.1 cm³/mol. The van der Waals surface area contributed by atoms with Gasteiger partial charge in [-0.05, 0) is 37.3 Å². The van der Waals surface area contributed by atoms with Gasteiger partial charge in [-0.3, -0.25) is 0 Å². The van der Waals surface area contributed by atoms with Crippen molar-refractivity contribution in [1.82, 2.24) is 14.6 Å². The molecule has 5 heteroatoms. The number of halogens is 2. The van der Waals surface area contributed by atoms with Crippen LogP contribution in [0.1, 0.15) is 5.69 Å². The molecule has 0 atom stereocenters. The SMILES string of the molecule is Cc1cnc2ccc(-c3ccc(F)c(F)c3)nn12. The number of aromatic nitrogens is 3. The molecule has 1 aromatic carbocycles. The van der Waals surface area contributed by atoms with Crippen LogP contribution in [0.5, 0.6) is 0 Å². The lowest BCUT2D eigenvalue weighted by atomic mass is 10.1. The van der Waals surface area contributed by atoms with Crippen LogP contribution < -0.4 is 0 Å². The Morgan fingerprint density at radius 3 is 2.67 bits per heavy atom. The highest BCUT2D eigenvalue weighted by atomic mass is 19.2. The summed E-state index contributed by atoms with van der Waals surface area (Å²) in [6.45, 7) is 1.88. The molecule has 0 N–H and O–H groups in total. The Bertz CT molecular complexity index is 734. The van der Waals surface area contributed by atoms with Gasteiger partial charge in [-0.2, -0.15) is 5.10 Å². The minimum absolute atomic E-state index is 0.531. The molecule has 0 radical (unpaired) electrons. The van der Waals surface area contributed by atoms with Gasteiger partial charge < -0.3 is 0 Å². The normalized spacial score (nSPS) is 11.1. The molecule has 18 heavy (non-hydrogen) atoms. The second-order valence-electron chi connectivity index (χ2n) is 4.02. The summed E-state index contributed by atoms with van der Waals surface area (Å²) in [5, 5.41) is 4.34. The zero-order chi connectivity index (χ0) is 12.7. The Hall–Kier alpha value is -2.30. The molecule has 2 heterocycles. The van der Waals surface area contributed by atoms with Crippen molar-refractivity contribution >= 4 is 5.65 Å². The van der Waals surface area contributed by atoms with Crippen LogP contribution in [0.3, 0.4) is 0 Å². The molecule has 3 nitrogen and oxygen atoms in total. The topological polar surface area (TPSA) is 30.2 Å². The van der Waals surface area contributed by atoms with Gasteiger partial charge >= 0.3 is 0 Å². The molecule has 0 saturated carbocycles. The molecule has 2 aromatic heterocycles. The van der Waals surface area contributed by atoms with E-state index in [0.29, 0.717) is 11.3 Å². The number of hydrogen-bond donors (Lipinski definition) is 0. The second kappa shape index (κ2) is 3.87. The highest BCUT2D eigenvalue weighted by Gasteiger charge is 2.07. The van der Waals surface area contributed by atoms with Gasteiger partial charge in [0.1, 0.15) is 0 Å². The van der Waals surface area contributed by atoms with Crippen molar-refractivity contribution in [2.75, 3.05) is 0 Å². The van der Waals surface area contributed by atoms with E-state index < -0.39 is 11.6 Å². The minimum Gasteiger partial charge on any atom is -0.235 e. The highest BCUT2D eigenvalue weighted by molar-refractivity contribution is 5.60. The maximum absolute atomic E-state index is 13.2. The summed E-state index contributed by atoms with van der Waals surface area (Å²) in [4.78, 5) is 4.15. The van der Waals surface area contributed by atoms with Crippen molar-refractivity contribution in [3.63, 3.8) is 0 Å². The number of rotatable bonds is 1. The summed E-state index contributed by atoms with van der Waals surface area (Å²) in [7, 11) is 0. The summed E-state index contributed by atoms with van der Waals surface area (Å²) in [5.41, 5.74) is 2.71. The smallest absolute Gasteiger partial charge is 0.159 e. The minimum atomic E-state index is -0.878. The fourth-order valence-corrected chi connectivity index (χ4v) is 1.80. The number of aryl methyl sites for hydroxylation is 1. The first-order valence-electron chi connectivity index (χ1n) is 5.42. The second-order valence-corrected chi connectivity index (χ2v) is 4.02. The quantitative estimate of drug-likeness (QED) is 0.659. The third-order valence-corrected chi connectivity index (χ3v) is 2.75. The largest absolute Gasteiger partial charge is 0.235 e. The first-order chi connectivity index (χ1) is 8.65. The molecule has 0 aliphatic carbocycles. The Morgan fingerprint density at radius 2 is 1.89 bits per heavy atom. The zero-order valence-electron chi connectivity index (χ0n) is 9.56. The van der Waals surface area contributed by atoms with Crippen molar-refractivity contribution < 1.29 is 8.78 Å². The van der Waals surface area contributed by atoms with E-state index in [0.717, 1.165) is 23.5 Å². The molecule has 0 bridgehead atoms. The van der Waals surface area contributed by atoms with Gasteiger partial charge in [0.2, 0.25) is 0 Å². The molecule has 3 aromatic rings. The third kappa shape index (κ3) is 1.64. The highest BCUT2D eigenvalue weighted by Crippen LogP contribution is 2.20. The molecule has 0 aliphatic rings. The lowest BCUT2D eigenvalue weighted by molar-refractivity contribution is 0.509. The molecular weight excluding hydrogens is 236 g/mol. The van der Waals surface area contributed by atoms with Crippen LogP contribution in [0.4, 0.5) is 8.78 Å². The number of fused-ring (bicyclic) bond motifs is 1. The first kappa shape index (κ1) is 10.8. The number of benzene rings is 1. The van der Waals surface area contributed by atoms with Gasteiger partial charge in [0.15, 0.2) is 17.3 Å². The maximum Gasteiger partial charge on any atom is 0.159 e. The first-order valence-corrected chi connectivity index (χ1v) is 5.42. The van der Waals surface area contributed by atoms with Crippen molar-refractivity contribution in [3.05, 3.63) is 53.9 Å². The van der Waals surface area contributed by atoms with Gasteiger partial charge in [0.05, 0.1) is 17.6 Å². The van der Waals surface area contributed by atoms with E-state index in [2.05, 4.69) is 10.1 Å². The van der Waals surface area contributed by atoms with Crippen LogP contribution in [-0.2, 0) is 0 Å². The molecule has 0 saturated heterocycles. The predicted octanol–water partition coefficient (Wildman–Crippen LogP) is 2.98. The van der Waals surface area contributed by atoms with Gasteiger partial charge in [0, 0.05) is 5.56 Å². The molecule has 90 valence electrons. The maximum atomic E-state index is 13.2. The summed E-state index contributed by atoms with van der Waals surface area (Å²) in [5.74, 6) is -1.74. The summed E-state index contributed by atoms with van der Waals surface area (Å²) < 4.78 is 27.7. The van der Waals surface area contributed by atoms with Gasteiger partial charge in [0.25, 0.3) is 0 Å². The number of hydrogen-bond acceptors (Lipinski definition) is 2. The molecular formula is C13H9F2N3. The molecule has 0 amide bonds. The van der Waals surface area contributed by atoms with Gasteiger partial charge in [-0.25, -0.2) is 18.3 Å². The molecule has 0 unspecified atom stereocenters. The third-order valence-electron chi connectivity index (χ3n) is 2.75. The summed E-state index contributed by atoms with van der Waals surface area (Å²) >= 11 is 0. The van der Waals surface area contributed by atoms with E-state index in [9.17, 15) is 8.78 Å². The van der Waals surface area contributed by atoms with Crippen molar-refractivity contribution in [2.45, 2.75) is 6.92 Å². The number of nitrogens with zero attached hydrogens (tertiary/aromatic N) is 3. The van der Waals surface area contributed by atoms with Crippen LogP contribution in [0.25, 0.3) is 16.9 Å². The van der Waals surface area contributed by atoms with Crippen LogP contribution in [0.15, 0.2) is 36.5 Å². The fraction of sp³-hybridized carbons (Fsp3) is 0.0769. The standard InChI is InChI=1S/C13H9F2N3/c1-8-7-16-13-5-4-12(17-18(8)13)9-2-3-10(14)11(15)6-9/h2-7H,1H3. The van der Waals surface area contributed by atoms with Crippen LogP contribution in [-0.4, -0.2) is 14.6 Å². The van der Waals surface area contributed by atoms with Gasteiger partial charge in [-0.15, -0.1) is 0 Å². The van der Waals surface area contributed by atoms with E-state index in [4.69, 9.17) is 0 Å². The Labute approximate surface area is 102 Å². The monoisotopic (exact) mass is 245 g/mol. The molecule has 0 aliphatic heterocycles. The average Bonchev–Trinajstić information content (AvgIpc) is 2.74. The van der Waals surface area contributed by atoms with Crippen LogP contribution in [0.2, 0.25) is 0 Å². The van der Waals surface area contributed by atoms with Crippen molar-refractivity contribution in [1.29, 1.82) is 0 Å². The van der Waals surface area contributed by atoms with Gasteiger partial charge in [-0.1, -0.05) is 0 Å². The lowest BCUT2D eigenvalue weighted by Crippen LogP contribution is -1.96. The van der Waals surface area contributed by atoms with E-state index in [1.54, 1.807) is 22.8 Å². The summed E-state index contributed by atoms with van der Waals surface area (Å²) in [6, 6.07) is 7.25. The zero-order valence-corrected chi connectivity index (χ0v) is 9.56. The van der Waals surface area contributed by atoms with E-state index in [1.165, 1.54) is 6.07 Å². The molecule has 0 fully saturated rings. The van der Waals surface area contributed by atoms with Crippen LogP contribution >= 0.6 is 0 Å². The molecule has 0 spiro atoms. The van der Waals surface area contributed by atoms with E-state index >= 15 is 0 Å². The molecule has 3 rings (SSSR count).